The summed E-state index contributed by atoms with van der Waals surface area (Å²) in [6.45, 7) is 4.93. The van der Waals surface area contributed by atoms with Gasteiger partial charge in [0.25, 0.3) is 10.0 Å². The summed E-state index contributed by atoms with van der Waals surface area (Å²) in [5, 5.41) is 0. The van der Waals surface area contributed by atoms with Crippen LogP contribution in [0.15, 0.2) is 46.3 Å². The molecule has 10 nitrogen and oxygen atoms in total. The highest BCUT2D eigenvalue weighted by Crippen LogP contribution is 2.32. The number of pyridine rings is 1. The number of ether oxygens (including phenoxy) is 2. The zero-order valence-corrected chi connectivity index (χ0v) is 17.6. The SMILES string of the molecule is CCN(CC)S(=O)(=O)c1ccc(NNS(=O)(=O)c2ccc3c(c2)OCCO3)nc1. The van der Waals surface area contributed by atoms with E-state index in [4.69, 9.17) is 9.47 Å². The molecule has 0 atom stereocenters. The van der Waals surface area contributed by atoms with Crippen LogP contribution in [0, 0.1) is 0 Å². The first-order chi connectivity index (χ1) is 13.8. The number of hydrogen-bond donors (Lipinski definition) is 2. The monoisotopic (exact) mass is 442 g/mol. The Hall–Kier alpha value is -2.41. The van der Waals surface area contributed by atoms with E-state index >= 15 is 0 Å². The van der Waals surface area contributed by atoms with Crippen LogP contribution in [-0.2, 0) is 20.0 Å². The lowest BCUT2D eigenvalue weighted by Gasteiger charge is -2.19. The minimum absolute atomic E-state index is 0.0185. The predicted molar refractivity (Wildman–Crippen MR) is 106 cm³/mol. The highest BCUT2D eigenvalue weighted by atomic mass is 32.2. The number of hydrogen-bond acceptors (Lipinski definition) is 8. The van der Waals surface area contributed by atoms with Gasteiger partial charge in [0, 0.05) is 25.4 Å². The molecule has 1 aliphatic heterocycles. The number of hydrazine groups is 1. The fraction of sp³-hybridized carbons (Fsp3) is 0.353. The van der Waals surface area contributed by atoms with Gasteiger partial charge in [0.05, 0.1) is 4.90 Å². The highest BCUT2D eigenvalue weighted by molar-refractivity contribution is 7.89. The number of benzene rings is 1. The van der Waals surface area contributed by atoms with Crippen molar-refractivity contribution >= 4 is 25.9 Å². The van der Waals surface area contributed by atoms with Crippen molar-refractivity contribution in [3.05, 3.63) is 36.5 Å². The Balaban J connectivity index is 1.71. The largest absolute Gasteiger partial charge is 0.486 e. The summed E-state index contributed by atoms with van der Waals surface area (Å²) in [5.41, 5.74) is 2.47. The van der Waals surface area contributed by atoms with Gasteiger partial charge in [-0.05, 0) is 24.3 Å². The topological polar surface area (TPSA) is 127 Å². The van der Waals surface area contributed by atoms with Crippen LogP contribution in [0.3, 0.4) is 0 Å². The van der Waals surface area contributed by atoms with Crippen molar-refractivity contribution in [3.63, 3.8) is 0 Å². The second kappa shape index (κ2) is 8.53. The molecule has 0 unspecified atom stereocenters. The standard InChI is InChI=1S/C17H22N4O6S2/c1-3-21(4-2)29(24,25)14-6-8-17(18-12-14)19-20-28(22,23)13-5-7-15-16(11-13)27-10-9-26-15/h5-8,11-12,20H,3-4,9-10H2,1-2H3,(H,18,19). The van der Waals surface area contributed by atoms with Gasteiger partial charge in [0.1, 0.15) is 23.9 Å². The third kappa shape index (κ3) is 4.61. The molecule has 3 rings (SSSR count). The maximum Gasteiger partial charge on any atom is 0.257 e. The van der Waals surface area contributed by atoms with Crippen molar-refractivity contribution in [1.82, 2.24) is 14.1 Å². The smallest absolute Gasteiger partial charge is 0.257 e. The molecule has 0 bridgehead atoms. The Morgan fingerprint density at radius 2 is 1.62 bits per heavy atom. The first-order valence-corrected chi connectivity index (χ1v) is 11.8. The van der Waals surface area contributed by atoms with Crippen molar-refractivity contribution in [1.29, 1.82) is 0 Å². The summed E-state index contributed by atoms with van der Waals surface area (Å²) in [4.78, 5) is 6.19. The average Bonchev–Trinajstić information content (AvgIpc) is 2.73. The summed E-state index contributed by atoms with van der Waals surface area (Å²) in [5.74, 6) is 0.975. The van der Waals surface area contributed by atoms with Crippen LogP contribution in [0.4, 0.5) is 5.82 Å². The van der Waals surface area contributed by atoms with Gasteiger partial charge in [-0.1, -0.05) is 13.8 Å². The summed E-state index contributed by atoms with van der Waals surface area (Å²) in [7, 11) is -7.55. The molecular formula is C17H22N4O6S2. The van der Waals surface area contributed by atoms with Crippen LogP contribution < -0.4 is 19.7 Å². The van der Waals surface area contributed by atoms with E-state index in [0.717, 1.165) is 0 Å². The maximum absolute atomic E-state index is 12.5. The van der Waals surface area contributed by atoms with Crippen LogP contribution in [0.1, 0.15) is 13.8 Å². The number of nitrogens with zero attached hydrogens (tertiary/aromatic N) is 2. The van der Waals surface area contributed by atoms with Crippen molar-refractivity contribution in [2.45, 2.75) is 23.6 Å². The maximum atomic E-state index is 12.5. The van der Waals surface area contributed by atoms with Crippen molar-refractivity contribution in [3.8, 4) is 11.5 Å². The van der Waals surface area contributed by atoms with E-state index in [1.807, 2.05) is 0 Å². The summed E-state index contributed by atoms with van der Waals surface area (Å²) < 4.78 is 62.0. The van der Waals surface area contributed by atoms with Gasteiger partial charge in [-0.3, -0.25) is 5.43 Å². The van der Waals surface area contributed by atoms with E-state index in [9.17, 15) is 16.8 Å². The number of sulfonamides is 2. The van der Waals surface area contributed by atoms with E-state index in [0.29, 0.717) is 37.8 Å². The molecule has 0 saturated carbocycles. The van der Waals surface area contributed by atoms with Gasteiger partial charge in [-0.2, -0.15) is 4.31 Å². The molecular weight excluding hydrogens is 420 g/mol. The Kier molecular flexibility index (Phi) is 6.27. The number of anilines is 1. The minimum atomic E-state index is -3.91. The number of fused-ring (bicyclic) bond motifs is 1. The van der Waals surface area contributed by atoms with Crippen LogP contribution in [-0.4, -0.2) is 52.4 Å². The van der Waals surface area contributed by atoms with Crippen molar-refractivity contribution < 1.29 is 26.3 Å². The Morgan fingerprint density at radius 3 is 2.24 bits per heavy atom. The Bertz CT molecular complexity index is 1070. The van der Waals surface area contributed by atoms with Crippen LogP contribution in [0.5, 0.6) is 11.5 Å². The van der Waals surface area contributed by atoms with Gasteiger partial charge in [0.2, 0.25) is 10.0 Å². The van der Waals surface area contributed by atoms with E-state index in [1.165, 1.54) is 40.8 Å². The Labute approximate surface area is 169 Å². The lowest BCUT2D eigenvalue weighted by atomic mass is 10.3. The summed E-state index contributed by atoms with van der Waals surface area (Å²) >= 11 is 0. The molecule has 12 heteroatoms. The molecule has 2 aromatic rings. The van der Waals surface area contributed by atoms with Crippen molar-refractivity contribution in [2.24, 2.45) is 0 Å². The van der Waals surface area contributed by atoms with Gasteiger partial charge in [-0.25, -0.2) is 21.8 Å². The summed E-state index contributed by atoms with van der Waals surface area (Å²) in [6, 6.07) is 7.02. The quantitative estimate of drug-likeness (QED) is 0.584. The van der Waals surface area contributed by atoms with Gasteiger partial charge >= 0.3 is 0 Å². The molecule has 0 aliphatic carbocycles. The summed E-state index contributed by atoms with van der Waals surface area (Å²) in [6.07, 6.45) is 1.17. The molecule has 2 N–H and O–H groups in total. The second-order valence-electron chi connectivity index (χ2n) is 6.00. The van der Waals surface area contributed by atoms with E-state index in [1.54, 1.807) is 13.8 Å². The zero-order chi connectivity index (χ0) is 21.1. The van der Waals surface area contributed by atoms with E-state index in [-0.39, 0.29) is 15.6 Å². The molecule has 0 fully saturated rings. The average molecular weight is 443 g/mol. The number of nitrogens with one attached hydrogen (secondary N) is 2. The molecule has 29 heavy (non-hydrogen) atoms. The fourth-order valence-electron chi connectivity index (χ4n) is 2.69. The highest BCUT2D eigenvalue weighted by Gasteiger charge is 2.22. The van der Waals surface area contributed by atoms with E-state index < -0.39 is 20.0 Å². The lowest BCUT2D eigenvalue weighted by Crippen LogP contribution is -2.31. The van der Waals surface area contributed by atoms with Gasteiger partial charge in [0.15, 0.2) is 11.5 Å². The van der Waals surface area contributed by atoms with Crippen LogP contribution >= 0.6 is 0 Å². The van der Waals surface area contributed by atoms with Crippen molar-refractivity contribution in [2.75, 3.05) is 31.7 Å². The molecule has 0 spiro atoms. The molecule has 1 aromatic heterocycles. The predicted octanol–water partition coefficient (Wildman–Crippen LogP) is 1.19. The lowest BCUT2D eigenvalue weighted by molar-refractivity contribution is 0.171. The third-order valence-corrected chi connectivity index (χ3v) is 7.50. The molecule has 1 aromatic carbocycles. The molecule has 2 heterocycles. The molecule has 0 amide bonds. The van der Waals surface area contributed by atoms with Crippen LogP contribution in [0.25, 0.3) is 0 Å². The normalized spacial score (nSPS) is 14.0. The third-order valence-electron chi connectivity index (χ3n) is 4.22. The minimum Gasteiger partial charge on any atom is -0.486 e. The molecule has 1 aliphatic rings. The Morgan fingerprint density at radius 1 is 0.966 bits per heavy atom. The van der Waals surface area contributed by atoms with E-state index in [2.05, 4.69) is 15.2 Å². The molecule has 0 radical (unpaired) electrons. The fourth-order valence-corrected chi connectivity index (χ4v) is 4.96. The molecule has 158 valence electrons. The van der Waals surface area contributed by atoms with Gasteiger partial charge < -0.3 is 9.47 Å². The number of aromatic nitrogens is 1. The second-order valence-corrected chi connectivity index (χ2v) is 9.62. The first-order valence-electron chi connectivity index (χ1n) is 8.91. The zero-order valence-electron chi connectivity index (χ0n) is 16.0. The molecule has 0 saturated heterocycles. The van der Waals surface area contributed by atoms with Gasteiger partial charge in [-0.15, -0.1) is 4.83 Å². The van der Waals surface area contributed by atoms with Crippen LogP contribution in [0.2, 0.25) is 0 Å². The number of rotatable bonds is 8. The first kappa shape index (κ1) is 21.3.